The maximum atomic E-state index is 12.7. The Kier molecular flexibility index (Phi) is 6.31. The van der Waals surface area contributed by atoms with E-state index in [0.717, 1.165) is 22.6 Å². The molecule has 25 heavy (non-hydrogen) atoms. The number of amides is 2. The van der Waals surface area contributed by atoms with Crippen LogP contribution >= 0.6 is 11.3 Å². The fraction of sp³-hybridized carbons (Fsp3) is 0.421. The lowest BCUT2D eigenvalue weighted by Gasteiger charge is -2.21. The summed E-state index contributed by atoms with van der Waals surface area (Å²) in [5, 5.41) is 6.28. The zero-order chi connectivity index (χ0) is 18.6. The van der Waals surface area contributed by atoms with Crippen molar-refractivity contribution in [3.63, 3.8) is 0 Å². The molecule has 1 heterocycles. The summed E-state index contributed by atoms with van der Waals surface area (Å²) >= 11 is 1.46. The first-order valence-corrected chi connectivity index (χ1v) is 9.28. The lowest BCUT2D eigenvalue weighted by Crippen LogP contribution is -2.47. The monoisotopic (exact) mass is 359 g/mol. The minimum atomic E-state index is -0.624. The van der Waals surface area contributed by atoms with Crippen LogP contribution in [0.1, 0.15) is 47.3 Å². The molecule has 6 heteroatoms. The summed E-state index contributed by atoms with van der Waals surface area (Å²) in [7, 11) is 0. The number of aryl methyl sites for hydroxylation is 3. The first-order valence-electron chi connectivity index (χ1n) is 8.47. The number of nitrogens with zero attached hydrogens (tertiary/aromatic N) is 1. The predicted octanol–water partition coefficient (Wildman–Crippen LogP) is 3.72. The van der Waals surface area contributed by atoms with E-state index in [0.29, 0.717) is 10.7 Å². The molecule has 5 nitrogen and oxygen atoms in total. The summed E-state index contributed by atoms with van der Waals surface area (Å²) in [4.78, 5) is 30.7. The Hall–Kier alpha value is -2.21. The van der Waals surface area contributed by atoms with Gasteiger partial charge in [-0.2, -0.15) is 0 Å². The number of aromatic nitrogens is 1. The number of anilines is 1. The molecule has 0 saturated carbocycles. The van der Waals surface area contributed by atoms with Gasteiger partial charge in [0, 0.05) is 10.4 Å². The van der Waals surface area contributed by atoms with E-state index in [1.54, 1.807) is 6.07 Å². The second kappa shape index (κ2) is 8.25. The molecule has 1 aromatic heterocycles. The standard InChI is InChI=1S/C19H25N3O2S/c1-6-15-13(5)25-19(20-15)22-18(24)16(11(2)3)21-17(23)14-10-8-7-9-12(14)4/h7-11,16H,6H2,1-5H3,(H,21,23)(H,20,22,24)/t16-/m0/s1. The van der Waals surface area contributed by atoms with Crippen molar-refractivity contribution in [2.24, 2.45) is 5.92 Å². The largest absolute Gasteiger partial charge is 0.340 e. The van der Waals surface area contributed by atoms with Crippen LogP contribution in [0.25, 0.3) is 0 Å². The van der Waals surface area contributed by atoms with Gasteiger partial charge in [0.1, 0.15) is 6.04 Å². The zero-order valence-corrected chi connectivity index (χ0v) is 16.2. The highest BCUT2D eigenvalue weighted by molar-refractivity contribution is 7.15. The average molecular weight is 359 g/mol. The van der Waals surface area contributed by atoms with E-state index in [9.17, 15) is 9.59 Å². The average Bonchev–Trinajstić information content (AvgIpc) is 2.91. The van der Waals surface area contributed by atoms with Crippen LogP contribution in [-0.4, -0.2) is 22.8 Å². The Labute approximate surface area is 152 Å². The van der Waals surface area contributed by atoms with Crippen LogP contribution < -0.4 is 10.6 Å². The fourth-order valence-corrected chi connectivity index (χ4v) is 3.48. The van der Waals surface area contributed by atoms with E-state index in [4.69, 9.17) is 0 Å². The van der Waals surface area contributed by atoms with Crippen LogP contribution in [0.15, 0.2) is 24.3 Å². The summed E-state index contributed by atoms with van der Waals surface area (Å²) < 4.78 is 0. The lowest BCUT2D eigenvalue weighted by molar-refractivity contribution is -0.118. The van der Waals surface area contributed by atoms with E-state index < -0.39 is 6.04 Å². The van der Waals surface area contributed by atoms with Gasteiger partial charge in [-0.3, -0.25) is 9.59 Å². The molecule has 134 valence electrons. The number of thiazole rings is 1. The number of carbonyl (C=O) groups excluding carboxylic acids is 2. The van der Waals surface area contributed by atoms with E-state index in [-0.39, 0.29) is 17.7 Å². The molecule has 2 amide bonds. The van der Waals surface area contributed by atoms with Crippen LogP contribution in [0, 0.1) is 19.8 Å². The van der Waals surface area contributed by atoms with Gasteiger partial charge in [-0.15, -0.1) is 11.3 Å². The molecule has 0 unspecified atom stereocenters. The zero-order valence-electron chi connectivity index (χ0n) is 15.3. The quantitative estimate of drug-likeness (QED) is 0.826. The molecule has 0 saturated heterocycles. The molecule has 1 atom stereocenters. The number of hydrogen-bond donors (Lipinski definition) is 2. The molecule has 0 radical (unpaired) electrons. The molecule has 2 rings (SSSR count). The molecular formula is C19H25N3O2S. The Bertz CT molecular complexity index is 768. The van der Waals surface area contributed by atoms with Gasteiger partial charge in [0.2, 0.25) is 5.91 Å². The Morgan fingerprint density at radius 2 is 1.88 bits per heavy atom. The number of carbonyl (C=O) groups is 2. The molecule has 2 N–H and O–H groups in total. The second-order valence-corrected chi connectivity index (χ2v) is 7.58. The maximum absolute atomic E-state index is 12.7. The van der Waals surface area contributed by atoms with Crippen molar-refractivity contribution in [2.75, 3.05) is 5.32 Å². The van der Waals surface area contributed by atoms with Gasteiger partial charge in [-0.25, -0.2) is 4.98 Å². The number of benzene rings is 1. The highest BCUT2D eigenvalue weighted by Crippen LogP contribution is 2.23. The third kappa shape index (κ3) is 4.66. The number of hydrogen-bond acceptors (Lipinski definition) is 4. The molecule has 0 spiro atoms. The van der Waals surface area contributed by atoms with Gasteiger partial charge in [0.15, 0.2) is 5.13 Å². The van der Waals surface area contributed by atoms with Crippen molar-refractivity contribution >= 4 is 28.3 Å². The van der Waals surface area contributed by atoms with Crippen molar-refractivity contribution in [1.29, 1.82) is 0 Å². The lowest BCUT2D eigenvalue weighted by atomic mass is 10.0. The van der Waals surface area contributed by atoms with Crippen LogP contribution in [0.3, 0.4) is 0 Å². The van der Waals surface area contributed by atoms with E-state index in [1.807, 2.05) is 52.8 Å². The van der Waals surface area contributed by atoms with Crippen molar-refractivity contribution in [1.82, 2.24) is 10.3 Å². The predicted molar refractivity (Wildman–Crippen MR) is 102 cm³/mol. The molecular weight excluding hydrogens is 334 g/mol. The van der Waals surface area contributed by atoms with Gasteiger partial charge in [-0.05, 0) is 37.8 Å². The summed E-state index contributed by atoms with van der Waals surface area (Å²) in [5.41, 5.74) is 2.45. The minimum absolute atomic E-state index is 0.0420. The first kappa shape index (κ1) is 19.1. The summed E-state index contributed by atoms with van der Waals surface area (Å²) in [6, 6.07) is 6.72. The molecule has 0 fully saturated rings. The first-order chi connectivity index (χ1) is 11.8. The van der Waals surface area contributed by atoms with Crippen molar-refractivity contribution < 1.29 is 9.59 Å². The fourth-order valence-electron chi connectivity index (χ4n) is 2.57. The molecule has 0 aliphatic carbocycles. The van der Waals surface area contributed by atoms with Gasteiger partial charge < -0.3 is 10.6 Å². The van der Waals surface area contributed by atoms with Gasteiger partial charge in [0.25, 0.3) is 5.91 Å². The molecule has 2 aromatic rings. The van der Waals surface area contributed by atoms with E-state index in [1.165, 1.54) is 11.3 Å². The van der Waals surface area contributed by atoms with Crippen molar-refractivity contribution in [3.05, 3.63) is 46.0 Å². The summed E-state index contributed by atoms with van der Waals surface area (Å²) in [6.07, 6.45) is 0.829. The highest BCUT2D eigenvalue weighted by atomic mass is 32.1. The minimum Gasteiger partial charge on any atom is -0.340 e. The van der Waals surface area contributed by atoms with Crippen LogP contribution in [0.2, 0.25) is 0 Å². The van der Waals surface area contributed by atoms with Crippen LogP contribution in [-0.2, 0) is 11.2 Å². The number of nitrogens with one attached hydrogen (secondary N) is 2. The van der Waals surface area contributed by atoms with E-state index in [2.05, 4.69) is 15.6 Å². The Morgan fingerprint density at radius 3 is 2.44 bits per heavy atom. The third-order valence-electron chi connectivity index (χ3n) is 4.08. The smallest absolute Gasteiger partial charge is 0.252 e. The summed E-state index contributed by atoms with van der Waals surface area (Å²) in [5.74, 6) is -0.524. The molecule has 0 bridgehead atoms. The molecule has 0 aliphatic rings. The normalized spacial score (nSPS) is 12.1. The second-order valence-electron chi connectivity index (χ2n) is 6.37. The van der Waals surface area contributed by atoms with Crippen molar-refractivity contribution in [2.45, 2.75) is 47.1 Å². The maximum Gasteiger partial charge on any atom is 0.252 e. The van der Waals surface area contributed by atoms with Gasteiger partial charge in [0.05, 0.1) is 5.69 Å². The van der Waals surface area contributed by atoms with Crippen LogP contribution in [0.5, 0.6) is 0 Å². The summed E-state index contributed by atoms with van der Waals surface area (Å²) in [6.45, 7) is 9.73. The molecule has 1 aromatic carbocycles. The highest BCUT2D eigenvalue weighted by Gasteiger charge is 2.26. The Balaban J connectivity index is 2.12. The van der Waals surface area contributed by atoms with E-state index >= 15 is 0 Å². The molecule has 0 aliphatic heterocycles. The van der Waals surface area contributed by atoms with Crippen LogP contribution in [0.4, 0.5) is 5.13 Å². The number of rotatable bonds is 6. The van der Waals surface area contributed by atoms with Crippen molar-refractivity contribution in [3.8, 4) is 0 Å². The third-order valence-corrected chi connectivity index (χ3v) is 5.01. The topological polar surface area (TPSA) is 71.1 Å². The Morgan fingerprint density at radius 1 is 1.20 bits per heavy atom. The van der Waals surface area contributed by atoms with Gasteiger partial charge >= 0.3 is 0 Å². The SMILES string of the molecule is CCc1nc(NC(=O)[C@@H](NC(=O)c2ccccc2C)C(C)C)sc1C. The van der Waals surface area contributed by atoms with Gasteiger partial charge in [-0.1, -0.05) is 39.0 Å².